The molecule has 0 amide bonds. The Hall–Kier alpha value is -0.780. The van der Waals surface area contributed by atoms with Gasteiger partial charge in [-0.3, -0.25) is 4.57 Å². The highest BCUT2D eigenvalue weighted by atomic mass is 127. The summed E-state index contributed by atoms with van der Waals surface area (Å²) in [5.74, 6) is 1.47. The molecule has 0 aliphatic rings. The summed E-state index contributed by atoms with van der Waals surface area (Å²) in [5, 5.41) is 0.669. The number of aromatic nitrogens is 2. The normalized spacial score (nSPS) is 11.2. The van der Waals surface area contributed by atoms with Crippen LogP contribution in [0.4, 0.5) is 0 Å². The molecule has 5 heteroatoms. The minimum Gasteiger partial charge on any atom is -0.295 e. The molecule has 0 saturated carbocycles. The molecule has 20 heavy (non-hydrogen) atoms. The zero-order valence-corrected chi connectivity index (χ0v) is 14.2. The lowest BCUT2D eigenvalue weighted by Crippen LogP contribution is -2.03. The summed E-state index contributed by atoms with van der Waals surface area (Å²) in [4.78, 5) is 4.66. The fraction of sp³-hybridized carbons (Fsp3) is 0.133. The monoisotopic (exact) mass is 416 g/mol. The summed E-state index contributed by atoms with van der Waals surface area (Å²) in [6.07, 6.45) is 0.706. The second-order valence-electron chi connectivity index (χ2n) is 4.36. The van der Waals surface area contributed by atoms with E-state index in [4.69, 9.17) is 23.2 Å². The van der Waals surface area contributed by atoms with Gasteiger partial charge in [0.1, 0.15) is 11.3 Å². The average molecular weight is 417 g/mol. The topological polar surface area (TPSA) is 17.8 Å². The number of fused-ring (bicyclic) bond motifs is 1. The van der Waals surface area contributed by atoms with Gasteiger partial charge in [-0.2, -0.15) is 0 Å². The third kappa shape index (κ3) is 2.43. The van der Waals surface area contributed by atoms with E-state index in [0.29, 0.717) is 17.3 Å². The van der Waals surface area contributed by atoms with Crippen LogP contribution in [-0.2, 0) is 6.42 Å². The summed E-state index contributed by atoms with van der Waals surface area (Å²) >= 11 is 14.5. The van der Waals surface area contributed by atoms with Gasteiger partial charge in [0.2, 0.25) is 0 Å². The first-order chi connectivity index (χ1) is 9.72. The average Bonchev–Trinajstić information content (AvgIpc) is 2.80. The molecule has 0 bridgehead atoms. The van der Waals surface area contributed by atoms with Crippen molar-refractivity contribution in [1.82, 2.24) is 9.55 Å². The molecule has 3 aromatic rings. The molecule has 0 fully saturated rings. The van der Waals surface area contributed by atoms with Crippen LogP contribution in [0.2, 0.25) is 5.02 Å². The summed E-state index contributed by atoms with van der Waals surface area (Å²) in [6, 6.07) is 14.1. The maximum Gasteiger partial charge on any atom is 0.115 e. The van der Waals surface area contributed by atoms with Gasteiger partial charge in [0, 0.05) is 15.9 Å². The fourth-order valence-corrected chi connectivity index (χ4v) is 3.28. The molecular formula is C15H11Cl2IN2. The van der Waals surface area contributed by atoms with Crippen LogP contribution in [0.5, 0.6) is 0 Å². The Morgan fingerprint density at radius 2 is 1.90 bits per heavy atom. The van der Waals surface area contributed by atoms with Gasteiger partial charge in [-0.05, 0) is 46.9 Å². The van der Waals surface area contributed by atoms with Crippen LogP contribution in [0, 0.1) is 3.57 Å². The first kappa shape index (κ1) is 14.2. The number of hydrogen-bond donors (Lipinski definition) is 0. The number of alkyl halides is 1. The maximum absolute atomic E-state index is 6.26. The van der Waals surface area contributed by atoms with Crippen molar-refractivity contribution in [2.24, 2.45) is 0 Å². The van der Waals surface area contributed by atoms with Crippen molar-refractivity contribution in [2.75, 3.05) is 5.88 Å². The molecule has 1 heterocycles. The molecule has 102 valence electrons. The molecule has 2 nitrogen and oxygen atoms in total. The minimum absolute atomic E-state index is 0.532. The first-order valence-corrected chi connectivity index (χ1v) is 8.18. The van der Waals surface area contributed by atoms with Crippen molar-refractivity contribution in [3.63, 3.8) is 0 Å². The van der Waals surface area contributed by atoms with E-state index in [1.807, 2.05) is 30.3 Å². The van der Waals surface area contributed by atoms with Crippen LogP contribution in [0.3, 0.4) is 0 Å². The van der Waals surface area contributed by atoms with Crippen LogP contribution in [0.15, 0.2) is 42.5 Å². The van der Waals surface area contributed by atoms with Gasteiger partial charge in [0.05, 0.1) is 16.2 Å². The van der Waals surface area contributed by atoms with Gasteiger partial charge in [-0.15, -0.1) is 11.6 Å². The smallest absolute Gasteiger partial charge is 0.115 e. The lowest BCUT2D eigenvalue weighted by molar-refractivity contribution is 0.909. The second kappa shape index (κ2) is 5.92. The first-order valence-electron chi connectivity index (χ1n) is 6.19. The molecule has 0 aliphatic heterocycles. The minimum atomic E-state index is 0.532. The molecule has 0 atom stereocenters. The van der Waals surface area contributed by atoms with E-state index in [9.17, 15) is 0 Å². The van der Waals surface area contributed by atoms with Crippen molar-refractivity contribution in [2.45, 2.75) is 6.42 Å². The number of nitrogens with zero attached hydrogens (tertiary/aromatic N) is 2. The van der Waals surface area contributed by atoms with Gasteiger partial charge in [-0.1, -0.05) is 29.8 Å². The lowest BCUT2D eigenvalue weighted by atomic mass is 10.2. The Labute approximate surface area is 140 Å². The summed E-state index contributed by atoms with van der Waals surface area (Å²) < 4.78 is 3.31. The molecule has 0 spiro atoms. The summed E-state index contributed by atoms with van der Waals surface area (Å²) in [5.41, 5.74) is 2.95. The second-order valence-corrected chi connectivity index (χ2v) is 6.31. The van der Waals surface area contributed by atoms with Gasteiger partial charge < -0.3 is 0 Å². The number of aryl methyl sites for hydroxylation is 1. The molecule has 0 radical (unpaired) electrons. The summed E-state index contributed by atoms with van der Waals surface area (Å²) in [7, 11) is 0. The van der Waals surface area contributed by atoms with Gasteiger partial charge in [0.15, 0.2) is 0 Å². The molecule has 0 aliphatic carbocycles. The number of hydrogen-bond acceptors (Lipinski definition) is 1. The highest BCUT2D eigenvalue weighted by Crippen LogP contribution is 2.29. The third-order valence-corrected chi connectivity index (χ3v) is 4.52. The Bertz CT molecular complexity index is 768. The van der Waals surface area contributed by atoms with Crippen LogP contribution in [0.1, 0.15) is 5.82 Å². The SMILES string of the molecule is ClCCc1nc2c(Cl)cccc2n1-c1ccccc1I. The standard InChI is InChI=1S/C15H11Cl2IN2/c16-9-8-14-19-15-10(17)4-3-7-13(15)20(14)12-6-2-1-5-11(12)18/h1-7H,8-9H2. The molecular weight excluding hydrogens is 406 g/mol. The van der Waals surface area contributed by atoms with Crippen molar-refractivity contribution in [3.05, 3.63) is 56.9 Å². The van der Waals surface area contributed by atoms with Gasteiger partial charge in [0.25, 0.3) is 0 Å². The van der Waals surface area contributed by atoms with Crippen LogP contribution in [-0.4, -0.2) is 15.4 Å². The molecule has 2 aromatic carbocycles. The zero-order valence-electron chi connectivity index (χ0n) is 10.5. The molecule has 1 aromatic heterocycles. The van der Waals surface area contributed by atoms with Gasteiger partial charge in [-0.25, -0.2) is 4.98 Å². The quantitative estimate of drug-likeness (QED) is 0.430. The largest absolute Gasteiger partial charge is 0.295 e. The van der Waals surface area contributed by atoms with Crippen LogP contribution in [0.25, 0.3) is 16.7 Å². The van der Waals surface area contributed by atoms with E-state index in [1.54, 1.807) is 0 Å². The maximum atomic E-state index is 6.26. The van der Waals surface area contributed by atoms with E-state index < -0.39 is 0 Å². The van der Waals surface area contributed by atoms with Crippen molar-refractivity contribution >= 4 is 56.8 Å². The Balaban J connectivity index is 2.35. The number of imidazole rings is 1. The van der Waals surface area contributed by atoms with E-state index in [2.05, 4.69) is 44.3 Å². The highest BCUT2D eigenvalue weighted by molar-refractivity contribution is 14.1. The predicted molar refractivity (Wildman–Crippen MR) is 93.2 cm³/mol. The van der Waals surface area contributed by atoms with Crippen LogP contribution >= 0.6 is 45.8 Å². The number of benzene rings is 2. The third-order valence-electron chi connectivity index (χ3n) is 3.12. The Morgan fingerprint density at radius 3 is 2.65 bits per heavy atom. The molecule has 0 unspecified atom stereocenters. The van der Waals surface area contributed by atoms with E-state index in [-0.39, 0.29) is 0 Å². The van der Waals surface area contributed by atoms with Crippen LogP contribution < -0.4 is 0 Å². The fourth-order valence-electron chi connectivity index (χ4n) is 2.27. The number of rotatable bonds is 3. The molecule has 3 rings (SSSR count). The van der Waals surface area contributed by atoms with E-state index in [0.717, 1.165) is 22.5 Å². The van der Waals surface area contributed by atoms with Crippen molar-refractivity contribution in [1.29, 1.82) is 0 Å². The lowest BCUT2D eigenvalue weighted by Gasteiger charge is -2.10. The zero-order chi connectivity index (χ0) is 14.1. The molecule has 0 saturated heterocycles. The van der Waals surface area contributed by atoms with Crippen molar-refractivity contribution < 1.29 is 0 Å². The van der Waals surface area contributed by atoms with E-state index >= 15 is 0 Å². The number of para-hydroxylation sites is 2. The number of halogens is 3. The summed E-state index contributed by atoms with van der Waals surface area (Å²) in [6.45, 7) is 0. The van der Waals surface area contributed by atoms with Crippen molar-refractivity contribution in [3.8, 4) is 5.69 Å². The Morgan fingerprint density at radius 1 is 1.10 bits per heavy atom. The predicted octanol–water partition coefficient (Wildman–Crippen LogP) is 5.06. The van der Waals surface area contributed by atoms with Gasteiger partial charge >= 0.3 is 0 Å². The Kier molecular flexibility index (Phi) is 4.19. The van der Waals surface area contributed by atoms with E-state index in [1.165, 1.54) is 3.57 Å². The molecule has 0 N–H and O–H groups in total. The highest BCUT2D eigenvalue weighted by Gasteiger charge is 2.15.